The van der Waals surface area contributed by atoms with Crippen LogP contribution in [0.1, 0.15) is 37.3 Å². The number of H-pyrrole nitrogens is 1. The molecule has 4 rings (SSSR count). The lowest BCUT2D eigenvalue weighted by Gasteiger charge is -2.23. The van der Waals surface area contributed by atoms with E-state index in [0.717, 1.165) is 12.8 Å². The highest BCUT2D eigenvalue weighted by Crippen LogP contribution is 2.48. The van der Waals surface area contributed by atoms with Crippen LogP contribution in [0.4, 0.5) is 0 Å². The van der Waals surface area contributed by atoms with E-state index in [0.29, 0.717) is 5.92 Å². The fourth-order valence-electron chi connectivity index (χ4n) is 3.65. The van der Waals surface area contributed by atoms with Gasteiger partial charge >= 0.3 is 0 Å². The number of aromatic amines is 1. The Bertz CT molecular complexity index is 890. The van der Waals surface area contributed by atoms with E-state index in [9.17, 15) is 0 Å². The Labute approximate surface area is 144 Å². The summed E-state index contributed by atoms with van der Waals surface area (Å²) in [5.41, 5.74) is 3.92. The van der Waals surface area contributed by atoms with E-state index in [2.05, 4.69) is 84.5 Å². The van der Waals surface area contributed by atoms with Crippen molar-refractivity contribution in [2.45, 2.75) is 38.0 Å². The van der Waals surface area contributed by atoms with Gasteiger partial charge in [0.25, 0.3) is 0 Å². The van der Waals surface area contributed by atoms with Gasteiger partial charge in [-0.05, 0) is 49.3 Å². The van der Waals surface area contributed by atoms with Gasteiger partial charge in [0.2, 0.25) is 0 Å². The zero-order valence-electron chi connectivity index (χ0n) is 14.2. The topological polar surface area (TPSA) is 15.8 Å². The second kappa shape index (κ2) is 6.21. The van der Waals surface area contributed by atoms with Crippen LogP contribution in [-0.2, 0) is 11.8 Å². The van der Waals surface area contributed by atoms with Crippen LogP contribution in [-0.4, -0.2) is 4.98 Å². The van der Waals surface area contributed by atoms with Crippen molar-refractivity contribution in [3.63, 3.8) is 0 Å². The lowest BCUT2D eigenvalue weighted by atomic mass is 9.78. The summed E-state index contributed by atoms with van der Waals surface area (Å²) in [7, 11) is 0. The van der Waals surface area contributed by atoms with Crippen molar-refractivity contribution < 1.29 is 0 Å². The molecule has 2 aromatic carbocycles. The van der Waals surface area contributed by atoms with E-state index in [1.807, 2.05) is 0 Å². The number of nitrogens with one attached hydrogen (secondary N) is 1. The number of hydrogen-bond acceptors (Lipinski definition) is 0. The van der Waals surface area contributed by atoms with Crippen molar-refractivity contribution >= 4 is 10.9 Å². The van der Waals surface area contributed by atoms with Crippen LogP contribution in [0.25, 0.3) is 10.9 Å². The predicted octanol–water partition coefficient (Wildman–Crippen LogP) is 5.47. The third-order valence-corrected chi connectivity index (χ3v) is 5.27. The minimum atomic E-state index is -0.0315. The van der Waals surface area contributed by atoms with Crippen LogP contribution in [0.2, 0.25) is 0 Å². The van der Waals surface area contributed by atoms with E-state index in [4.69, 9.17) is 0 Å². The first-order valence-corrected chi connectivity index (χ1v) is 8.88. The molecule has 3 aromatic rings. The molecule has 1 fully saturated rings. The number of para-hydroxylation sites is 1. The molecule has 1 heteroatoms. The minimum absolute atomic E-state index is 0.0315. The maximum absolute atomic E-state index is 3.65. The van der Waals surface area contributed by atoms with Crippen LogP contribution in [0, 0.1) is 17.8 Å². The molecule has 0 radical (unpaired) electrons. The summed E-state index contributed by atoms with van der Waals surface area (Å²) in [6.07, 6.45) is 6.72. The van der Waals surface area contributed by atoms with E-state index in [1.165, 1.54) is 34.9 Å². The van der Waals surface area contributed by atoms with Gasteiger partial charge in [0.05, 0.1) is 5.41 Å². The fourth-order valence-corrected chi connectivity index (χ4v) is 3.65. The molecule has 24 heavy (non-hydrogen) atoms. The van der Waals surface area contributed by atoms with Gasteiger partial charge in [0.1, 0.15) is 0 Å². The summed E-state index contributed by atoms with van der Waals surface area (Å²) in [6, 6.07) is 19.2. The summed E-state index contributed by atoms with van der Waals surface area (Å²) in [5.74, 6) is 7.83. The molecule has 0 bridgehead atoms. The lowest BCUT2D eigenvalue weighted by Crippen LogP contribution is -2.22. The highest BCUT2D eigenvalue weighted by molar-refractivity contribution is 5.85. The van der Waals surface area contributed by atoms with E-state index in [-0.39, 0.29) is 5.41 Å². The molecule has 1 heterocycles. The first kappa shape index (κ1) is 15.1. The molecule has 1 unspecified atom stereocenters. The molecule has 0 spiro atoms. The molecule has 1 atom stereocenters. The SMILES string of the molecule is CC(C#CCCc1ccccc1)(c1c[nH]c2ccccc12)C1CC1. The molecule has 1 nitrogen and oxygen atoms in total. The van der Waals surface area contributed by atoms with Crippen molar-refractivity contribution in [2.24, 2.45) is 5.92 Å². The first-order chi connectivity index (χ1) is 11.8. The minimum Gasteiger partial charge on any atom is -0.361 e. The number of benzene rings is 2. The molecule has 1 saturated carbocycles. The van der Waals surface area contributed by atoms with E-state index in [1.54, 1.807) is 0 Å². The summed E-state index contributed by atoms with van der Waals surface area (Å²) >= 11 is 0. The first-order valence-electron chi connectivity index (χ1n) is 8.88. The third-order valence-electron chi connectivity index (χ3n) is 5.27. The smallest absolute Gasteiger partial charge is 0.0583 e. The zero-order valence-corrected chi connectivity index (χ0v) is 14.2. The number of fused-ring (bicyclic) bond motifs is 1. The molecule has 1 aliphatic carbocycles. The molecule has 1 aliphatic rings. The Balaban J connectivity index is 1.59. The highest BCUT2D eigenvalue weighted by atomic mass is 14.7. The summed E-state index contributed by atoms with van der Waals surface area (Å²) in [5, 5.41) is 1.32. The highest BCUT2D eigenvalue weighted by Gasteiger charge is 2.42. The van der Waals surface area contributed by atoms with Gasteiger partial charge in [0.15, 0.2) is 0 Å². The Morgan fingerprint density at radius 3 is 2.58 bits per heavy atom. The number of aryl methyl sites for hydroxylation is 1. The monoisotopic (exact) mass is 313 g/mol. The van der Waals surface area contributed by atoms with Gasteiger partial charge in [-0.15, -0.1) is 5.92 Å². The van der Waals surface area contributed by atoms with Crippen LogP contribution in [0.15, 0.2) is 60.8 Å². The van der Waals surface area contributed by atoms with E-state index < -0.39 is 0 Å². The zero-order chi connectivity index (χ0) is 16.4. The Kier molecular flexibility index (Phi) is 3.90. The summed E-state index contributed by atoms with van der Waals surface area (Å²) in [4.78, 5) is 3.42. The molecule has 0 amide bonds. The summed E-state index contributed by atoms with van der Waals surface area (Å²) in [6.45, 7) is 2.33. The third kappa shape index (κ3) is 2.85. The van der Waals surface area contributed by atoms with Gasteiger partial charge in [-0.1, -0.05) is 54.5 Å². The normalized spacial score (nSPS) is 16.4. The average Bonchev–Trinajstić information content (AvgIpc) is 3.39. The van der Waals surface area contributed by atoms with Crippen molar-refractivity contribution in [3.05, 3.63) is 71.9 Å². The molecule has 0 aliphatic heterocycles. The molecule has 1 N–H and O–H groups in total. The van der Waals surface area contributed by atoms with Crippen molar-refractivity contribution in [3.8, 4) is 11.8 Å². The van der Waals surface area contributed by atoms with Gasteiger partial charge in [-0.3, -0.25) is 0 Å². The lowest BCUT2D eigenvalue weighted by molar-refractivity contribution is 0.539. The number of rotatable bonds is 4. The molecular formula is C23H23N. The molecule has 1 aromatic heterocycles. The quantitative estimate of drug-likeness (QED) is 0.615. The molecular weight excluding hydrogens is 290 g/mol. The van der Waals surface area contributed by atoms with Gasteiger partial charge in [0, 0.05) is 23.5 Å². The number of hydrogen-bond donors (Lipinski definition) is 1. The largest absolute Gasteiger partial charge is 0.361 e. The predicted molar refractivity (Wildman–Crippen MR) is 101 cm³/mol. The second-order valence-electron chi connectivity index (χ2n) is 7.01. The van der Waals surface area contributed by atoms with Crippen LogP contribution in [0.3, 0.4) is 0 Å². The Morgan fingerprint density at radius 1 is 1.04 bits per heavy atom. The van der Waals surface area contributed by atoms with Gasteiger partial charge < -0.3 is 4.98 Å². The van der Waals surface area contributed by atoms with Crippen molar-refractivity contribution in [2.75, 3.05) is 0 Å². The standard InChI is InChI=1S/C23H23N/c1-23(19-14-15-19,16-8-7-11-18-9-3-2-4-10-18)21-17-24-22-13-6-5-12-20(21)22/h2-6,9-10,12-13,17,19,24H,7,11,14-15H2,1H3. The second-order valence-corrected chi connectivity index (χ2v) is 7.01. The summed E-state index contributed by atoms with van der Waals surface area (Å²) < 4.78 is 0. The maximum atomic E-state index is 3.65. The van der Waals surface area contributed by atoms with Crippen LogP contribution >= 0.6 is 0 Å². The van der Waals surface area contributed by atoms with Crippen LogP contribution < -0.4 is 0 Å². The van der Waals surface area contributed by atoms with E-state index >= 15 is 0 Å². The fraction of sp³-hybridized carbons (Fsp3) is 0.304. The van der Waals surface area contributed by atoms with Crippen LogP contribution in [0.5, 0.6) is 0 Å². The van der Waals surface area contributed by atoms with Crippen molar-refractivity contribution in [1.29, 1.82) is 0 Å². The Morgan fingerprint density at radius 2 is 1.79 bits per heavy atom. The maximum Gasteiger partial charge on any atom is 0.0583 e. The van der Waals surface area contributed by atoms with Gasteiger partial charge in [-0.25, -0.2) is 0 Å². The van der Waals surface area contributed by atoms with Gasteiger partial charge in [-0.2, -0.15) is 0 Å². The molecule has 120 valence electrons. The average molecular weight is 313 g/mol. The Hall–Kier alpha value is -2.46. The molecule has 0 saturated heterocycles. The number of aromatic nitrogens is 1. The van der Waals surface area contributed by atoms with Crippen molar-refractivity contribution in [1.82, 2.24) is 4.98 Å².